The predicted molar refractivity (Wildman–Crippen MR) is 75.0 cm³/mol. The predicted octanol–water partition coefficient (Wildman–Crippen LogP) is 2.50. The average molecular weight is 236 g/mol. The third-order valence-electron chi connectivity index (χ3n) is 4.47. The summed E-state index contributed by atoms with van der Waals surface area (Å²) in [5.74, 6) is 3.61. The van der Waals surface area contributed by atoms with Gasteiger partial charge in [-0.2, -0.15) is 0 Å². The lowest BCUT2D eigenvalue weighted by molar-refractivity contribution is 0.0374. The van der Waals surface area contributed by atoms with Gasteiger partial charge in [-0.05, 0) is 46.3 Å². The summed E-state index contributed by atoms with van der Waals surface area (Å²) in [6.07, 6.45) is 12.7. The molecule has 2 nitrogen and oxygen atoms in total. The van der Waals surface area contributed by atoms with E-state index < -0.39 is 0 Å². The third kappa shape index (κ3) is 3.24. The standard InChI is InChI=1S/C15H28N2/c1-6-7-10-14(16-3)15(17(4)5)11-8-9-13(2)12-15/h1,13-14,16H,7-12H2,2-5H3. The summed E-state index contributed by atoms with van der Waals surface area (Å²) < 4.78 is 0. The van der Waals surface area contributed by atoms with Crippen molar-refractivity contribution >= 4 is 0 Å². The SMILES string of the molecule is C#CCCC(NC)C1(N(C)C)CCCC(C)C1. The van der Waals surface area contributed by atoms with E-state index in [0.717, 1.165) is 18.8 Å². The Balaban J connectivity index is 2.84. The fourth-order valence-corrected chi connectivity index (χ4v) is 3.51. The van der Waals surface area contributed by atoms with Crippen molar-refractivity contribution in [1.29, 1.82) is 0 Å². The van der Waals surface area contributed by atoms with Gasteiger partial charge in [0.15, 0.2) is 0 Å². The zero-order valence-corrected chi connectivity index (χ0v) is 11.9. The molecule has 0 aromatic carbocycles. The van der Waals surface area contributed by atoms with Crippen LogP contribution < -0.4 is 5.32 Å². The second kappa shape index (κ2) is 6.42. The fourth-order valence-electron chi connectivity index (χ4n) is 3.51. The first-order valence-corrected chi connectivity index (χ1v) is 6.85. The minimum Gasteiger partial charge on any atom is -0.315 e. The molecule has 0 heterocycles. The second-order valence-electron chi connectivity index (χ2n) is 5.78. The van der Waals surface area contributed by atoms with Crippen molar-refractivity contribution < 1.29 is 0 Å². The van der Waals surface area contributed by atoms with Crippen LogP contribution in [-0.4, -0.2) is 37.6 Å². The van der Waals surface area contributed by atoms with Crippen molar-refractivity contribution in [3.8, 4) is 12.3 Å². The molecule has 0 amide bonds. The van der Waals surface area contributed by atoms with Gasteiger partial charge in [0.25, 0.3) is 0 Å². The molecule has 0 aromatic rings. The van der Waals surface area contributed by atoms with E-state index in [1.54, 1.807) is 0 Å². The van der Waals surface area contributed by atoms with Crippen molar-refractivity contribution in [1.82, 2.24) is 10.2 Å². The highest BCUT2D eigenvalue weighted by Gasteiger charge is 2.42. The summed E-state index contributed by atoms with van der Waals surface area (Å²) in [6, 6.07) is 0.510. The molecule has 17 heavy (non-hydrogen) atoms. The molecule has 0 saturated heterocycles. The van der Waals surface area contributed by atoms with E-state index >= 15 is 0 Å². The van der Waals surface area contributed by atoms with Gasteiger partial charge in [-0.15, -0.1) is 12.3 Å². The maximum Gasteiger partial charge on any atom is 0.0359 e. The van der Waals surface area contributed by atoms with Crippen LogP contribution in [0.1, 0.15) is 45.4 Å². The summed E-state index contributed by atoms with van der Waals surface area (Å²) in [7, 11) is 6.52. The zero-order valence-electron chi connectivity index (χ0n) is 11.9. The molecule has 0 bridgehead atoms. The number of rotatable bonds is 5. The van der Waals surface area contributed by atoms with Crippen LogP contribution in [0.2, 0.25) is 0 Å². The molecule has 3 unspecified atom stereocenters. The van der Waals surface area contributed by atoms with Crippen LogP contribution in [0.4, 0.5) is 0 Å². The molecular weight excluding hydrogens is 208 g/mol. The number of likely N-dealkylation sites (N-methyl/N-ethyl adjacent to an activating group) is 2. The highest BCUT2D eigenvalue weighted by atomic mass is 15.2. The maximum atomic E-state index is 5.42. The first-order chi connectivity index (χ1) is 8.06. The Morgan fingerprint density at radius 3 is 2.71 bits per heavy atom. The van der Waals surface area contributed by atoms with Crippen molar-refractivity contribution in [2.24, 2.45) is 5.92 Å². The maximum absolute atomic E-state index is 5.42. The van der Waals surface area contributed by atoms with Crippen molar-refractivity contribution in [3.05, 3.63) is 0 Å². The first-order valence-electron chi connectivity index (χ1n) is 6.85. The topological polar surface area (TPSA) is 15.3 Å². The van der Waals surface area contributed by atoms with Gasteiger partial charge in [-0.1, -0.05) is 19.8 Å². The highest BCUT2D eigenvalue weighted by Crippen LogP contribution is 2.39. The van der Waals surface area contributed by atoms with Gasteiger partial charge in [0.2, 0.25) is 0 Å². The summed E-state index contributed by atoms with van der Waals surface area (Å²) in [5.41, 5.74) is 0.295. The van der Waals surface area contributed by atoms with Crippen molar-refractivity contribution in [2.45, 2.75) is 57.0 Å². The van der Waals surface area contributed by atoms with E-state index in [0.29, 0.717) is 11.6 Å². The molecule has 1 saturated carbocycles. The van der Waals surface area contributed by atoms with Gasteiger partial charge in [-0.3, -0.25) is 0 Å². The van der Waals surface area contributed by atoms with E-state index in [1.165, 1.54) is 25.7 Å². The highest BCUT2D eigenvalue weighted by molar-refractivity contribution is 5.02. The average Bonchev–Trinajstić information content (AvgIpc) is 2.29. The molecule has 1 aliphatic carbocycles. The van der Waals surface area contributed by atoms with Gasteiger partial charge < -0.3 is 10.2 Å². The van der Waals surface area contributed by atoms with E-state index in [-0.39, 0.29) is 0 Å². The van der Waals surface area contributed by atoms with E-state index in [2.05, 4.69) is 44.2 Å². The molecule has 0 radical (unpaired) electrons. The minimum atomic E-state index is 0.295. The monoisotopic (exact) mass is 236 g/mol. The summed E-state index contributed by atoms with van der Waals surface area (Å²) in [6.45, 7) is 2.38. The van der Waals surface area contributed by atoms with Gasteiger partial charge in [0.05, 0.1) is 0 Å². The van der Waals surface area contributed by atoms with Crippen LogP contribution in [0.3, 0.4) is 0 Å². The zero-order chi connectivity index (χ0) is 12.9. The van der Waals surface area contributed by atoms with Crippen LogP contribution >= 0.6 is 0 Å². The smallest absolute Gasteiger partial charge is 0.0359 e. The molecule has 0 aromatic heterocycles. The van der Waals surface area contributed by atoms with E-state index in [4.69, 9.17) is 6.42 Å². The molecule has 1 rings (SSSR count). The molecule has 3 atom stereocenters. The van der Waals surface area contributed by atoms with E-state index in [1.807, 2.05) is 0 Å². The van der Waals surface area contributed by atoms with Gasteiger partial charge >= 0.3 is 0 Å². The lowest BCUT2D eigenvalue weighted by Crippen LogP contribution is -2.60. The Kier molecular flexibility index (Phi) is 5.49. The Hall–Kier alpha value is -0.520. The molecule has 1 N–H and O–H groups in total. The quantitative estimate of drug-likeness (QED) is 0.738. The molecular formula is C15H28N2. The second-order valence-corrected chi connectivity index (χ2v) is 5.78. The van der Waals surface area contributed by atoms with E-state index in [9.17, 15) is 0 Å². The van der Waals surface area contributed by atoms with Crippen LogP contribution in [0.15, 0.2) is 0 Å². The Bertz CT molecular complexity index is 267. The number of nitrogens with zero attached hydrogens (tertiary/aromatic N) is 1. The fraction of sp³-hybridized carbons (Fsp3) is 0.867. The number of nitrogens with one attached hydrogen (secondary N) is 1. The number of terminal acetylenes is 1. The normalized spacial score (nSPS) is 31.2. The third-order valence-corrected chi connectivity index (χ3v) is 4.47. The number of hydrogen-bond acceptors (Lipinski definition) is 2. The molecule has 0 aliphatic heterocycles. The van der Waals surface area contributed by atoms with Crippen molar-refractivity contribution in [3.63, 3.8) is 0 Å². The first kappa shape index (κ1) is 14.5. The Morgan fingerprint density at radius 2 is 2.24 bits per heavy atom. The van der Waals surface area contributed by atoms with Crippen LogP contribution in [0.25, 0.3) is 0 Å². The summed E-state index contributed by atoms with van der Waals surface area (Å²) in [5, 5.41) is 3.51. The molecule has 2 heteroatoms. The summed E-state index contributed by atoms with van der Waals surface area (Å²) in [4.78, 5) is 2.43. The Labute approximate surface area is 107 Å². The molecule has 0 spiro atoms. The molecule has 98 valence electrons. The van der Waals surface area contributed by atoms with Crippen LogP contribution in [0.5, 0.6) is 0 Å². The largest absolute Gasteiger partial charge is 0.315 e. The minimum absolute atomic E-state index is 0.295. The molecule has 1 fully saturated rings. The Morgan fingerprint density at radius 1 is 1.53 bits per heavy atom. The summed E-state index contributed by atoms with van der Waals surface area (Å²) >= 11 is 0. The lowest BCUT2D eigenvalue weighted by Gasteiger charge is -2.50. The van der Waals surface area contributed by atoms with Crippen LogP contribution in [-0.2, 0) is 0 Å². The van der Waals surface area contributed by atoms with Gasteiger partial charge in [-0.25, -0.2) is 0 Å². The van der Waals surface area contributed by atoms with Gasteiger partial charge in [0.1, 0.15) is 0 Å². The van der Waals surface area contributed by atoms with Gasteiger partial charge in [0, 0.05) is 18.0 Å². The molecule has 1 aliphatic rings. The van der Waals surface area contributed by atoms with Crippen LogP contribution in [0, 0.1) is 18.3 Å². The lowest BCUT2D eigenvalue weighted by atomic mass is 9.70. The number of hydrogen-bond donors (Lipinski definition) is 1. The van der Waals surface area contributed by atoms with Crippen molar-refractivity contribution in [2.75, 3.05) is 21.1 Å².